The van der Waals surface area contributed by atoms with Crippen molar-refractivity contribution in [3.8, 4) is 0 Å². The van der Waals surface area contributed by atoms with Gasteiger partial charge in [-0.2, -0.15) is 0 Å². The first-order valence-electron chi connectivity index (χ1n) is 7.58. The zero-order valence-corrected chi connectivity index (χ0v) is 13.1. The number of hydrogen-bond acceptors (Lipinski definition) is 3. The van der Waals surface area contributed by atoms with Crippen LogP contribution in [0.4, 0.5) is 0 Å². The average Bonchev–Trinajstić information content (AvgIpc) is 3.17. The van der Waals surface area contributed by atoms with Crippen LogP contribution in [0.3, 0.4) is 0 Å². The maximum absolute atomic E-state index is 11.3. The number of benzene rings is 1. The Balaban J connectivity index is 0.00000161. The van der Waals surface area contributed by atoms with Gasteiger partial charge in [0.1, 0.15) is 0 Å². The minimum atomic E-state index is -0.345. The van der Waals surface area contributed by atoms with Crippen molar-refractivity contribution in [2.75, 3.05) is 13.1 Å². The van der Waals surface area contributed by atoms with Gasteiger partial charge >= 0.3 is 0 Å². The summed E-state index contributed by atoms with van der Waals surface area (Å²) in [6.45, 7) is 3.19. The smallest absolute Gasteiger partial charge is 0.248 e. The van der Waals surface area contributed by atoms with E-state index in [1.165, 1.54) is 31.2 Å². The van der Waals surface area contributed by atoms with Crippen LogP contribution >= 0.6 is 12.4 Å². The number of amides is 1. The van der Waals surface area contributed by atoms with Crippen LogP contribution in [0.25, 0.3) is 0 Å². The summed E-state index contributed by atoms with van der Waals surface area (Å²) < 4.78 is 0. The molecule has 2 fully saturated rings. The standard InChI is InChI=1S/C16H23N3O.ClH/c17-16(20)13-4-1-3-12(9-13)10-19(15-6-7-15)11-14-5-2-8-18-14;/h1,3-4,9,14-15,18H,2,5-8,10-11H2,(H2,17,20);1H. The summed E-state index contributed by atoms with van der Waals surface area (Å²) >= 11 is 0. The van der Waals surface area contributed by atoms with E-state index in [1.54, 1.807) is 6.07 Å². The van der Waals surface area contributed by atoms with Crippen LogP contribution in [-0.4, -0.2) is 36.0 Å². The monoisotopic (exact) mass is 309 g/mol. The third kappa shape index (κ3) is 4.43. The van der Waals surface area contributed by atoms with Crippen LogP contribution in [0.15, 0.2) is 24.3 Å². The molecule has 2 aliphatic rings. The minimum Gasteiger partial charge on any atom is -0.366 e. The third-order valence-corrected chi connectivity index (χ3v) is 4.28. The van der Waals surface area contributed by atoms with Gasteiger partial charge in [-0.3, -0.25) is 9.69 Å². The van der Waals surface area contributed by atoms with Gasteiger partial charge in [0.05, 0.1) is 0 Å². The minimum absolute atomic E-state index is 0. The molecule has 4 nitrogen and oxygen atoms in total. The first kappa shape index (κ1) is 16.3. The molecule has 0 bridgehead atoms. The maximum atomic E-state index is 11.3. The number of rotatable bonds is 6. The quantitative estimate of drug-likeness (QED) is 0.844. The molecule has 0 radical (unpaired) electrons. The van der Waals surface area contributed by atoms with E-state index in [4.69, 9.17) is 5.73 Å². The van der Waals surface area contributed by atoms with Crippen LogP contribution in [-0.2, 0) is 6.54 Å². The van der Waals surface area contributed by atoms with Crippen molar-refractivity contribution >= 4 is 18.3 Å². The second-order valence-electron chi connectivity index (χ2n) is 6.02. The Labute approximate surface area is 132 Å². The lowest BCUT2D eigenvalue weighted by atomic mass is 10.1. The fourth-order valence-corrected chi connectivity index (χ4v) is 3.04. The van der Waals surface area contributed by atoms with Gasteiger partial charge in [-0.1, -0.05) is 12.1 Å². The first-order valence-corrected chi connectivity index (χ1v) is 7.58. The molecule has 1 saturated carbocycles. The molecule has 1 atom stereocenters. The summed E-state index contributed by atoms with van der Waals surface area (Å²) in [5, 5.41) is 3.57. The molecule has 3 N–H and O–H groups in total. The van der Waals surface area contributed by atoms with Gasteiger partial charge in [0.15, 0.2) is 0 Å². The highest BCUT2D eigenvalue weighted by atomic mass is 35.5. The van der Waals surface area contributed by atoms with E-state index in [0.717, 1.165) is 25.7 Å². The Bertz CT molecular complexity index is 484. The van der Waals surface area contributed by atoms with Crippen molar-refractivity contribution in [3.63, 3.8) is 0 Å². The lowest BCUT2D eigenvalue weighted by Crippen LogP contribution is -2.38. The van der Waals surface area contributed by atoms with Crippen LogP contribution in [0.5, 0.6) is 0 Å². The first-order chi connectivity index (χ1) is 9.72. The predicted octanol–water partition coefficient (Wildman–Crippen LogP) is 1.92. The molecule has 1 saturated heterocycles. The largest absolute Gasteiger partial charge is 0.366 e. The molecule has 1 aromatic rings. The van der Waals surface area contributed by atoms with Gasteiger partial charge in [-0.15, -0.1) is 12.4 Å². The second kappa shape index (κ2) is 7.25. The topological polar surface area (TPSA) is 58.4 Å². The van der Waals surface area contributed by atoms with Crippen LogP contribution in [0, 0.1) is 0 Å². The van der Waals surface area contributed by atoms with Crippen molar-refractivity contribution in [2.24, 2.45) is 5.73 Å². The molecule has 3 rings (SSSR count). The zero-order valence-electron chi connectivity index (χ0n) is 12.3. The average molecular weight is 310 g/mol. The third-order valence-electron chi connectivity index (χ3n) is 4.28. The van der Waals surface area contributed by atoms with Gasteiger partial charge in [0.25, 0.3) is 0 Å². The summed E-state index contributed by atoms with van der Waals surface area (Å²) in [5.74, 6) is -0.345. The predicted molar refractivity (Wildman–Crippen MR) is 86.7 cm³/mol. The molecule has 1 aliphatic carbocycles. The fourth-order valence-electron chi connectivity index (χ4n) is 3.04. The molecule has 1 aliphatic heterocycles. The number of primary amides is 1. The summed E-state index contributed by atoms with van der Waals surface area (Å²) in [5.41, 5.74) is 7.15. The number of nitrogens with zero attached hydrogens (tertiary/aromatic N) is 1. The Kier molecular flexibility index (Phi) is 5.62. The van der Waals surface area contributed by atoms with Crippen molar-refractivity contribution in [3.05, 3.63) is 35.4 Å². The van der Waals surface area contributed by atoms with E-state index in [2.05, 4.69) is 16.3 Å². The summed E-state index contributed by atoms with van der Waals surface area (Å²) in [7, 11) is 0. The lowest BCUT2D eigenvalue weighted by Gasteiger charge is -2.25. The summed E-state index contributed by atoms with van der Waals surface area (Å²) in [6.07, 6.45) is 5.19. The molecule has 21 heavy (non-hydrogen) atoms. The SMILES string of the molecule is Cl.NC(=O)c1cccc(CN(CC2CCCN2)C2CC2)c1. The number of halogens is 1. The second-order valence-corrected chi connectivity index (χ2v) is 6.02. The van der Waals surface area contributed by atoms with Crippen molar-refractivity contribution < 1.29 is 4.79 Å². The molecule has 116 valence electrons. The Hall–Kier alpha value is -1.10. The van der Waals surface area contributed by atoms with Crippen molar-refractivity contribution in [2.45, 2.75) is 44.3 Å². The van der Waals surface area contributed by atoms with Gasteiger partial charge in [-0.05, 0) is 49.9 Å². The molecule has 0 spiro atoms. The van der Waals surface area contributed by atoms with Gasteiger partial charge in [-0.25, -0.2) is 0 Å². The summed E-state index contributed by atoms with van der Waals surface area (Å²) in [6, 6.07) is 9.09. The van der Waals surface area contributed by atoms with Gasteiger partial charge in [0, 0.05) is 30.7 Å². The van der Waals surface area contributed by atoms with E-state index in [9.17, 15) is 4.79 Å². The Morgan fingerprint density at radius 1 is 1.33 bits per heavy atom. The van der Waals surface area contributed by atoms with Crippen LogP contribution in [0.2, 0.25) is 0 Å². The van der Waals surface area contributed by atoms with Gasteiger partial charge < -0.3 is 11.1 Å². The van der Waals surface area contributed by atoms with E-state index >= 15 is 0 Å². The lowest BCUT2D eigenvalue weighted by molar-refractivity contribution is 0.1000. The number of carbonyl (C=O) groups is 1. The molecule has 1 amide bonds. The van der Waals surface area contributed by atoms with E-state index in [0.29, 0.717) is 11.6 Å². The number of carbonyl (C=O) groups excluding carboxylic acids is 1. The van der Waals surface area contributed by atoms with E-state index < -0.39 is 0 Å². The normalized spacial score (nSPS) is 21.3. The maximum Gasteiger partial charge on any atom is 0.248 e. The molecule has 0 aromatic heterocycles. The van der Waals surface area contributed by atoms with Crippen molar-refractivity contribution in [1.82, 2.24) is 10.2 Å². The zero-order chi connectivity index (χ0) is 13.9. The van der Waals surface area contributed by atoms with Crippen LogP contribution in [0.1, 0.15) is 41.6 Å². The Morgan fingerprint density at radius 3 is 2.76 bits per heavy atom. The van der Waals surface area contributed by atoms with Gasteiger partial charge in [0.2, 0.25) is 5.91 Å². The molecule has 1 heterocycles. The molecular weight excluding hydrogens is 286 g/mol. The molecule has 1 unspecified atom stereocenters. The number of hydrogen-bond donors (Lipinski definition) is 2. The Morgan fingerprint density at radius 2 is 2.14 bits per heavy atom. The highest BCUT2D eigenvalue weighted by Gasteiger charge is 2.31. The molecule has 1 aromatic carbocycles. The number of nitrogens with two attached hydrogens (primary N) is 1. The summed E-state index contributed by atoms with van der Waals surface area (Å²) in [4.78, 5) is 13.8. The molecule has 5 heteroatoms. The molecular formula is C16H24ClN3O. The van der Waals surface area contributed by atoms with E-state index in [-0.39, 0.29) is 18.3 Å². The highest BCUT2D eigenvalue weighted by molar-refractivity contribution is 5.92. The number of nitrogens with one attached hydrogen (secondary N) is 1. The van der Waals surface area contributed by atoms with Crippen molar-refractivity contribution in [1.29, 1.82) is 0 Å². The fraction of sp³-hybridized carbons (Fsp3) is 0.562. The van der Waals surface area contributed by atoms with Crippen LogP contribution < -0.4 is 11.1 Å². The highest BCUT2D eigenvalue weighted by Crippen LogP contribution is 2.29. The van der Waals surface area contributed by atoms with E-state index in [1.807, 2.05) is 12.1 Å².